The van der Waals surface area contributed by atoms with E-state index in [0.717, 1.165) is 29.9 Å². The van der Waals surface area contributed by atoms with Gasteiger partial charge in [-0.3, -0.25) is 19.2 Å². The summed E-state index contributed by atoms with van der Waals surface area (Å²) in [5.74, 6) is -0.798. The minimum Gasteiger partial charge on any atom is -0.488 e. The highest BCUT2D eigenvalue weighted by molar-refractivity contribution is 5.92. The van der Waals surface area contributed by atoms with Crippen LogP contribution in [0.1, 0.15) is 48.7 Å². The lowest BCUT2D eigenvalue weighted by Gasteiger charge is -2.23. The summed E-state index contributed by atoms with van der Waals surface area (Å²) in [4.78, 5) is 42.8. The fraction of sp³-hybridized carbons (Fsp3) is 0.367. The van der Waals surface area contributed by atoms with Crippen LogP contribution in [0.3, 0.4) is 0 Å². The normalized spacial score (nSPS) is 11.6. The molecule has 9 nitrogen and oxygen atoms in total. The number of hydrogen-bond acceptors (Lipinski definition) is 6. The third-order valence-electron chi connectivity index (χ3n) is 6.12. The average Bonchev–Trinajstić information content (AvgIpc) is 3.49. The Bertz CT molecular complexity index is 1240. The lowest BCUT2D eigenvalue weighted by Crippen LogP contribution is -2.43. The molecule has 0 aliphatic heterocycles. The van der Waals surface area contributed by atoms with Gasteiger partial charge in [0.05, 0.1) is 19.1 Å². The molecule has 0 radical (unpaired) electrons. The Balaban J connectivity index is 1.52. The highest BCUT2D eigenvalue weighted by Gasteiger charge is 2.22. The van der Waals surface area contributed by atoms with Gasteiger partial charge in [-0.05, 0) is 36.2 Å². The zero-order valence-corrected chi connectivity index (χ0v) is 22.9. The summed E-state index contributed by atoms with van der Waals surface area (Å²) in [5.41, 5.74) is 1.44. The van der Waals surface area contributed by atoms with Crippen molar-refractivity contribution in [3.63, 3.8) is 0 Å². The molecule has 0 aliphatic rings. The largest absolute Gasteiger partial charge is 0.488 e. The molecule has 11 heteroatoms. The molecule has 0 saturated heterocycles. The molecule has 2 aromatic carbocycles. The standard InChI is InChI=1S/C30H35F2N3O6/c1-2-3-5-11-24(17-35(21-36)40-18-22-9-6-4-7-10-22)29(37)33-20-34-30(38)27-15-14-26(41-27)23-12-8-13-25(16-23)39-19-28(31)32/h4,6-10,12-16,21,24,28H,2-3,5,11,17-20H2,1H3,(H,33,37)(H,34,38). The van der Waals surface area contributed by atoms with Gasteiger partial charge in [0, 0.05) is 5.56 Å². The highest BCUT2D eigenvalue weighted by Crippen LogP contribution is 2.26. The molecule has 0 spiro atoms. The first kappa shape index (κ1) is 31.3. The number of halogens is 2. The lowest BCUT2D eigenvalue weighted by molar-refractivity contribution is -0.182. The van der Waals surface area contributed by atoms with Gasteiger partial charge < -0.3 is 19.8 Å². The molecule has 0 fully saturated rings. The van der Waals surface area contributed by atoms with Crippen LogP contribution in [0.2, 0.25) is 0 Å². The molecule has 0 bridgehead atoms. The molecule has 220 valence electrons. The van der Waals surface area contributed by atoms with Crippen LogP contribution in [-0.4, -0.2) is 49.5 Å². The van der Waals surface area contributed by atoms with Crippen molar-refractivity contribution in [1.29, 1.82) is 0 Å². The van der Waals surface area contributed by atoms with Gasteiger partial charge in [0.25, 0.3) is 12.3 Å². The van der Waals surface area contributed by atoms with Crippen molar-refractivity contribution < 1.29 is 37.2 Å². The van der Waals surface area contributed by atoms with Crippen molar-refractivity contribution in [2.75, 3.05) is 19.8 Å². The van der Waals surface area contributed by atoms with E-state index in [4.69, 9.17) is 14.0 Å². The van der Waals surface area contributed by atoms with Gasteiger partial charge in [-0.15, -0.1) is 0 Å². The molecule has 1 unspecified atom stereocenters. The molecular formula is C30H35F2N3O6. The molecule has 3 amide bonds. The first-order chi connectivity index (χ1) is 19.9. The van der Waals surface area contributed by atoms with Crippen molar-refractivity contribution in [2.45, 2.75) is 45.6 Å². The van der Waals surface area contributed by atoms with Crippen LogP contribution in [0.5, 0.6) is 5.75 Å². The second-order valence-corrected chi connectivity index (χ2v) is 9.27. The fourth-order valence-corrected chi connectivity index (χ4v) is 3.98. The zero-order valence-electron chi connectivity index (χ0n) is 22.9. The first-order valence-electron chi connectivity index (χ1n) is 13.5. The smallest absolute Gasteiger partial charge is 0.288 e. The number of alkyl halides is 2. The Morgan fingerprint density at radius 1 is 1.02 bits per heavy atom. The Kier molecular flexibility index (Phi) is 12.8. The number of rotatable bonds is 18. The SMILES string of the molecule is CCCCCC(CN(C=O)OCc1ccccc1)C(=O)NCNC(=O)c1ccc(-c2cccc(OCC(F)F)c2)o1. The van der Waals surface area contributed by atoms with Crippen molar-refractivity contribution in [3.05, 3.63) is 78.1 Å². The number of nitrogens with one attached hydrogen (secondary N) is 2. The Morgan fingerprint density at radius 3 is 2.56 bits per heavy atom. The summed E-state index contributed by atoms with van der Waals surface area (Å²) < 4.78 is 35.5. The minimum atomic E-state index is -2.60. The molecule has 1 heterocycles. The summed E-state index contributed by atoms with van der Waals surface area (Å²) >= 11 is 0. The second kappa shape index (κ2) is 16.8. The molecule has 2 N–H and O–H groups in total. The molecule has 3 aromatic rings. The van der Waals surface area contributed by atoms with Gasteiger partial charge in [-0.2, -0.15) is 0 Å². The summed E-state index contributed by atoms with van der Waals surface area (Å²) in [7, 11) is 0. The predicted octanol–water partition coefficient (Wildman–Crippen LogP) is 5.18. The molecule has 1 aromatic heterocycles. The maximum Gasteiger partial charge on any atom is 0.288 e. The number of amides is 3. The van der Waals surface area contributed by atoms with Crippen LogP contribution < -0.4 is 15.4 Å². The van der Waals surface area contributed by atoms with Crippen LogP contribution in [0.15, 0.2) is 71.1 Å². The van der Waals surface area contributed by atoms with Crippen LogP contribution in [0.25, 0.3) is 11.3 Å². The fourth-order valence-electron chi connectivity index (χ4n) is 3.98. The number of unbranched alkanes of at least 4 members (excludes halogenated alkanes) is 2. The number of ether oxygens (including phenoxy) is 1. The van der Waals surface area contributed by atoms with E-state index in [1.807, 2.05) is 30.3 Å². The number of carbonyl (C=O) groups is 3. The maximum absolute atomic E-state index is 13.0. The van der Waals surface area contributed by atoms with Gasteiger partial charge >= 0.3 is 0 Å². The zero-order chi connectivity index (χ0) is 29.5. The van der Waals surface area contributed by atoms with Gasteiger partial charge in [-0.1, -0.05) is 68.7 Å². The summed E-state index contributed by atoms with van der Waals surface area (Å²) in [6, 6.07) is 18.8. The Morgan fingerprint density at radius 2 is 1.83 bits per heavy atom. The maximum atomic E-state index is 13.0. The monoisotopic (exact) mass is 571 g/mol. The van der Waals surface area contributed by atoms with E-state index in [-0.39, 0.29) is 37.2 Å². The topological polar surface area (TPSA) is 110 Å². The van der Waals surface area contributed by atoms with E-state index >= 15 is 0 Å². The van der Waals surface area contributed by atoms with Crippen molar-refractivity contribution >= 4 is 18.2 Å². The van der Waals surface area contributed by atoms with Crippen LogP contribution in [0.4, 0.5) is 8.78 Å². The number of hydrogen-bond donors (Lipinski definition) is 2. The predicted molar refractivity (Wildman–Crippen MR) is 148 cm³/mol. The summed E-state index contributed by atoms with van der Waals surface area (Å²) in [6.07, 6.45) is 1.23. The van der Waals surface area contributed by atoms with E-state index < -0.39 is 24.9 Å². The third-order valence-corrected chi connectivity index (χ3v) is 6.12. The van der Waals surface area contributed by atoms with Gasteiger partial charge in [0.15, 0.2) is 5.76 Å². The van der Waals surface area contributed by atoms with Gasteiger partial charge in [0.2, 0.25) is 12.3 Å². The number of carbonyl (C=O) groups excluding carboxylic acids is 3. The Labute approximate surface area is 237 Å². The van der Waals surface area contributed by atoms with Crippen molar-refractivity contribution in [2.24, 2.45) is 5.92 Å². The highest BCUT2D eigenvalue weighted by atomic mass is 19.3. The van der Waals surface area contributed by atoms with Crippen LogP contribution in [-0.2, 0) is 21.0 Å². The summed E-state index contributed by atoms with van der Waals surface area (Å²) in [6.45, 7) is 1.44. The lowest BCUT2D eigenvalue weighted by atomic mass is 10.0. The van der Waals surface area contributed by atoms with E-state index in [2.05, 4.69) is 17.6 Å². The number of benzene rings is 2. The van der Waals surface area contributed by atoms with Crippen LogP contribution in [0, 0.1) is 5.92 Å². The number of nitrogens with zero attached hydrogens (tertiary/aromatic N) is 1. The summed E-state index contributed by atoms with van der Waals surface area (Å²) in [5, 5.41) is 6.41. The van der Waals surface area contributed by atoms with Crippen molar-refractivity contribution in [1.82, 2.24) is 15.7 Å². The molecular weight excluding hydrogens is 536 g/mol. The average molecular weight is 572 g/mol. The van der Waals surface area contributed by atoms with E-state index in [9.17, 15) is 23.2 Å². The molecule has 0 saturated carbocycles. The second-order valence-electron chi connectivity index (χ2n) is 9.27. The molecule has 0 aliphatic carbocycles. The van der Waals surface area contributed by atoms with Crippen LogP contribution >= 0.6 is 0 Å². The quantitative estimate of drug-likeness (QED) is 0.0943. The minimum absolute atomic E-state index is 0.00842. The van der Waals surface area contributed by atoms with E-state index in [1.54, 1.807) is 24.3 Å². The van der Waals surface area contributed by atoms with E-state index in [1.165, 1.54) is 12.1 Å². The molecule has 1 atom stereocenters. The van der Waals surface area contributed by atoms with Gasteiger partial charge in [0.1, 0.15) is 24.7 Å². The number of furan rings is 1. The first-order valence-corrected chi connectivity index (χ1v) is 13.5. The van der Waals surface area contributed by atoms with E-state index in [0.29, 0.717) is 24.2 Å². The Hall–Kier alpha value is -4.25. The third kappa shape index (κ3) is 10.7. The molecule has 41 heavy (non-hydrogen) atoms. The van der Waals surface area contributed by atoms with Gasteiger partial charge in [-0.25, -0.2) is 13.8 Å². The van der Waals surface area contributed by atoms with Crippen molar-refractivity contribution in [3.8, 4) is 17.1 Å². The molecule has 3 rings (SSSR count). The number of hydroxylamine groups is 2.